The first-order valence-corrected chi connectivity index (χ1v) is 8.11. The summed E-state index contributed by atoms with van der Waals surface area (Å²) in [4.78, 5) is 13.6. The van der Waals surface area contributed by atoms with Crippen molar-refractivity contribution >= 4 is 22.0 Å². The standard InChI is InChI=1S/C16H20BrNO4/c1-15(2,3)22-14(20)18-8-16(9-18)7-12(19)11-6-10(17)4-5-13(11)21-16/h4-6,12,19H,7-9H2,1-3H3. The molecule has 1 aromatic carbocycles. The maximum atomic E-state index is 12.0. The van der Waals surface area contributed by atoms with Gasteiger partial charge in [0.1, 0.15) is 17.0 Å². The molecule has 120 valence electrons. The highest BCUT2D eigenvalue weighted by molar-refractivity contribution is 9.10. The Morgan fingerprint density at radius 2 is 2.14 bits per heavy atom. The highest BCUT2D eigenvalue weighted by Gasteiger charge is 2.52. The molecule has 1 aromatic rings. The molecule has 1 atom stereocenters. The third kappa shape index (κ3) is 2.94. The molecule has 1 fully saturated rings. The second-order valence-corrected chi connectivity index (χ2v) is 7.94. The lowest BCUT2D eigenvalue weighted by atomic mass is 9.83. The van der Waals surface area contributed by atoms with E-state index in [9.17, 15) is 9.90 Å². The number of aliphatic hydroxyl groups excluding tert-OH is 1. The number of hydrogen-bond donors (Lipinski definition) is 1. The maximum Gasteiger partial charge on any atom is 0.410 e. The van der Waals surface area contributed by atoms with Crippen LogP contribution in [0.15, 0.2) is 22.7 Å². The number of benzene rings is 1. The van der Waals surface area contributed by atoms with Crippen molar-refractivity contribution in [2.45, 2.75) is 44.5 Å². The van der Waals surface area contributed by atoms with Crippen LogP contribution in [0.4, 0.5) is 4.79 Å². The van der Waals surface area contributed by atoms with Crippen LogP contribution in [-0.4, -0.2) is 40.4 Å². The van der Waals surface area contributed by atoms with Crippen LogP contribution in [0.1, 0.15) is 38.9 Å². The average Bonchev–Trinajstić information content (AvgIpc) is 2.34. The molecule has 2 aliphatic rings. The van der Waals surface area contributed by atoms with Gasteiger partial charge in [-0.1, -0.05) is 15.9 Å². The molecule has 2 heterocycles. The predicted octanol–water partition coefficient (Wildman–Crippen LogP) is 3.25. The Labute approximate surface area is 138 Å². The van der Waals surface area contributed by atoms with E-state index in [4.69, 9.17) is 9.47 Å². The van der Waals surface area contributed by atoms with E-state index in [1.165, 1.54) is 0 Å². The molecule has 0 radical (unpaired) electrons. The van der Waals surface area contributed by atoms with Crippen molar-refractivity contribution in [3.05, 3.63) is 28.2 Å². The van der Waals surface area contributed by atoms with Crippen LogP contribution in [0, 0.1) is 0 Å². The van der Waals surface area contributed by atoms with Gasteiger partial charge in [-0.15, -0.1) is 0 Å². The summed E-state index contributed by atoms with van der Waals surface area (Å²) in [5.41, 5.74) is -0.223. The number of amides is 1. The topological polar surface area (TPSA) is 59.0 Å². The van der Waals surface area contributed by atoms with Crippen LogP contribution < -0.4 is 4.74 Å². The van der Waals surface area contributed by atoms with Crippen LogP contribution in [0.2, 0.25) is 0 Å². The summed E-state index contributed by atoms with van der Waals surface area (Å²) in [5, 5.41) is 10.4. The van der Waals surface area contributed by atoms with Gasteiger partial charge in [0.25, 0.3) is 0 Å². The fourth-order valence-electron chi connectivity index (χ4n) is 2.91. The monoisotopic (exact) mass is 369 g/mol. The Morgan fingerprint density at radius 3 is 2.77 bits per heavy atom. The zero-order chi connectivity index (χ0) is 16.1. The van der Waals surface area contributed by atoms with E-state index in [2.05, 4.69) is 15.9 Å². The molecule has 22 heavy (non-hydrogen) atoms. The van der Waals surface area contributed by atoms with Gasteiger partial charge in [-0.3, -0.25) is 0 Å². The van der Waals surface area contributed by atoms with E-state index in [0.717, 1.165) is 10.0 Å². The predicted molar refractivity (Wildman–Crippen MR) is 84.9 cm³/mol. The lowest BCUT2D eigenvalue weighted by Gasteiger charge is -2.52. The van der Waals surface area contributed by atoms with Crippen molar-refractivity contribution in [1.82, 2.24) is 4.90 Å². The Kier molecular flexibility index (Phi) is 3.64. The fourth-order valence-corrected chi connectivity index (χ4v) is 3.29. The number of rotatable bonds is 0. The number of fused-ring (bicyclic) bond motifs is 1. The molecule has 1 amide bonds. The van der Waals surface area contributed by atoms with Gasteiger partial charge in [0.15, 0.2) is 0 Å². The highest BCUT2D eigenvalue weighted by atomic mass is 79.9. The third-order valence-corrected chi connectivity index (χ3v) is 4.33. The smallest absolute Gasteiger partial charge is 0.410 e. The second-order valence-electron chi connectivity index (χ2n) is 7.02. The third-order valence-electron chi connectivity index (χ3n) is 3.83. The highest BCUT2D eigenvalue weighted by Crippen LogP contribution is 2.44. The Morgan fingerprint density at radius 1 is 1.45 bits per heavy atom. The summed E-state index contributed by atoms with van der Waals surface area (Å²) in [7, 11) is 0. The van der Waals surface area contributed by atoms with Crippen LogP contribution in [0.25, 0.3) is 0 Å². The van der Waals surface area contributed by atoms with Crippen LogP contribution >= 0.6 is 15.9 Å². The van der Waals surface area contributed by atoms with E-state index in [0.29, 0.717) is 25.3 Å². The van der Waals surface area contributed by atoms with Gasteiger partial charge >= 0.3 is 6.09 Å². The fraction of sp³-hybridized carbons (Fsp3) is 0.562. The minimum absolute atomic E-state index is 0.335. The molecular weight excluding hydrogens is 350 g/mol. The van der Waals surface area contributed by atoms with E-state index >= 15 is 0 Å². The summed E-state index contributed by atoms with van der Waals surface area (Å²) in [6.45, 7) is 6.41. The van der Waals surface area contributed by atoms with Gasteiger partial charge in [-0.05, 0) is 39.0 Å². The molecule has 6 heteroatoms. The van der Waals surface area contributed by atoms with Crippen molar-refractivity contribution in [1.29, 1.82) is 0 Å². The summed E-state index contributed by atoms with van der Waals surface area (Å²) in [6.07, 6.45) is -0.435. The minimum atomic E-state index is -0.581. The van der Waals surface area contributed by atoms with Gasteiger partial charge in [0.05, 0.1) is 19.2 Å². The maximum absolute atomic E-state index is 12.0. The molecule has 1 saturated heterocycles. The lowest BCUT2D eigenvalue weighted by Crippen LogP contribution is -2.68. The largest absolute Gasteiger partial charge is 0.483 e. The van der Waals surface area contributed by atoms with Gasteiger partial charge < -0.3 is 19.5 Å². The van der Waals surface area contributed by atoms with Gasteiger partial charge in [0, 0.05) is 16.5 Å². The van der Waals surface area contributed by atoms with Crippen molar-refractivity contribution in [2.24, 2.45) is 0 Å². The number of halogens is 1. The Hall–Kier alpha value is -1.27. The number of carbonyl (C=O) groups is 1. The lowest BCUT2D eigenvalue weighted by molar-refractivity contribution is -0.114. The zero-order valence-corrected chi connectivity index (χ0v) is 14.5. The molecule has 1 spiro atoms. The number of likely N-dealkylation sites (tertiary alicyclic amines) is 1. The summed E-state index contributed by atoms with van der Waals surface area (Å²) in [5.74, 6) is 0.686. The van der Waals surface area contributed by atoms with Crippen LogP contribution in [0.5, 0.6) is 5.75 Å². The van der Waals surface area contributed by atoms with Gasteiger partial charge in [0.2, 0.25) is 0 Å². The molecule has 2 aliphatic heterocycles. The SMILES string of the molecule is CC(C)(C)OC(=O)N1CC2(CC(O)c3cc(Br)ccc3O2)C1. The molecule has 5 nitrogen and oxygen atoms in total. The van der Waals surface area contributed by atoms with Crippen molar-refractivity contribution in [3.63, 3.8) is 0 Å². The molecule has 0 aliphatic carbocycles. The second kappa shape index (κ2) is 5.13. The van der Waals surface area contributed by atoms with Gasteiger partial charge in [-0.2, -0.15) is 0 Å². The number of carbonyl (C=O) groups excluding carboxylic acids is 1. The first kappa shape index (κ1) is 15.6. The summed E-state index contributed by atoms with van der Waals surface area (Å²) < 4.78 is 12.3. The zero-order valence-electron chi connectivity index (χ0n) is 12.9. The number of aliphatic hydroxyl groups is 1. The van der Waals surface area contributed by atoms with E-state index in [1.54, 1.807) is 4.90 Å². The van der Waals surface area contributed by atoms with E-state index in [-0.39, 0.29) is 6.09 Å². The summed E-state index contributed by atoms with van der Waals surface area (Å²) in [6, 6.07) is 5.60. The number of ether oxygens (including phenoxy) is 2. The first-order chi connectivity index (χ1) is 10.2. The molecule has 1 unspecified atom stereocenters. The molecule has 0 saturated carbocycles. The summed E-state index contributed by atoms with van der Waals surface area (Å²) >= 11 is 3.40. The average molecular weight is 370 g/mol. The first-order valence-electron chi connectivity index (χ1n) is 7.32. The van der Waals surface area contributed by atoms with Crippen molar-refractivity contribution in [3.8, 4) is 5.75 Å². The van der Waals surface area contributed by atoms with Gasteiger partial charge in [-0.25, -0.2) is 4.79 Å². The molecule has 3 rings (SSSR count). The molecule has 0 bridgehead atoms. The van der Waals surface area contributed by atoms with Crippen molar-refractivity contribution < 1.29 is 19.4 Å². The normalized spacial score (nSPS) is 22.6. The van der Waals surface area contributed by atoms with E-state index in [1.807, 2.05) is 39.0 Å². The minimum Gasteiger partial charge on any atom is -0.483 e. The van der Waals surface area contributed by atoms with Crippen molar-refractivity contribution in [2.75, 3.05) is 13.1 Å². The van der Waals surface area contributed by atoms with Crippen LogP contribution in [0.3, 0.4) is 0 Å². The van der Waals surface area contributed by atoms with E-state index < -0.39 is 17.3 Å². The Bertz CT molecular complexity index is 605. The number of nitrogens with zero attached hydrogens (tertiary/aromatic N) is 1. The van der Waals surface area contributed by atoms with Crippen LogP contribution in [-0.2, 0) is 4.74 Å². The molecule has 0 aromatic heterocycles. The molecule has 1 N–H and O–H groups in total. The number of hydrogen-bond acceptors (Lipinski definition) is 4. The quantitative estimate of drug-likeness (QED) is 0.762. The Balaban J connectivity index is 1.69. The molecular formula is C16H20BrNO4.